The molecule has 2 aromatic carbocycles. The van der Waals surface area contributed by atoms with Crippen molar-refractivity contribution >= 4 is 11.6 Å². The van der Waals surface area contributed by atoms with E-state index in [2.05, 4.69) is 0 Å². The molecule has 2 rings (SSSR count). The fourth-order valence-corrected chi connectivity index (χ4v) is 2.41. The van der Waals surface area contributed by atoms with Gasteiger partial charge in [-0.3, -0.25) is 0 Å². The second-order valence-corrected chi connectivity index (χ2v) is 5.04. The van der Waals surface area contributed by atoms with E-state index in [9.17, 15) is 9.50 Å². The molecule has 0 fully saturated rings. The summed E-state index contributed by atoms with van der Waals surface area (Å²) >= 11 is 6.11. The van der Waals surface area contributed by atoms with Gasteiger partial charge in [0.05, 0.1) is 5.60 Å². The molecule has 0 aromatic heterocycles. The van der Waals surface area contributed by atoms with Crippen LogP contribution < -0.4 is 0 Å². The van der Waals surface area contributed by atoms with Crippen LogP contribution in [0.3, 0.4) is 0 Å². The molecule has 100 valence electrons. The molecule has 0 saturated heterocycles. The summed E-state index contributed by atoms with van der Waals surface area (Å²) in [7, 11) is 0. The lowest BCUT2D eigenvalue weighted by Crippen LogP contribution is -2.29. The van der Waals surface area contributed by atoms with Crippen molar-refractivity contribution in [3.05, 3.63) is 70.5 Å². The molecule has 0 aliphatic carbocycles. The molecule has 1 unspecified atom stereocenters. The third-order valence-electron chi connectivity index (χ3n) is 3.40. The van der Waals surface area contributed by atoms with E-state index in [0.717, 1.165) is 5.56 Å². The summed E-state index contributed by atoms with van der Waals surface area (Å²) in [6, 6.07) is 13.6. The van der Waals surface area contributed by atoms with Gasteiger partial charge in [-0.2, -0.15) is 0 Å². The van der Waals surface area contributed by atoms with Gasteiger partial charge in [0.1, 0.15) is 5.82 Å². The van der Waals surface area contributed by atoms with Crippen molar-refractivity contribution in [3.63, 3.8) is 0 Å². The summed E-state index contributed by atoms with van der Waals surface area (Å²) in [5.74, 6) is -0.390. The Morgan fingerprint density at radius 1 is 1.11 bits per heavy atom. The summed E-state index contributed by atoms with van der Waals surface area (Å²) in [6.07, 6.45) is 0.712. The van der Waals surface area contributed by atoms with Crippen LogP contribution in [-0.4, -0.2) is 5.11 Å². The van der Waals surface area contributed by atoms with Crippen LogP contribution in [0.1, 0.15) is 24.5 Å². The molecule has 0 bridgehead atoms. The van der Waals surface area contributed by atoms with Gasteiger partial charge in [-0.1, -0.05) is 54.9 Å². The number of hydrogen-bond acceptors (Lipinski definition) is 1. The summed E-state index contributed by atoms with van der Waals surface area (Å²) in [6.45, 7) is 1.84. The van der Waals surface area contributed by atoms with Gasteiger partial charge < -0.3 is 5.11 Å². The predicted octanol–water partition coefficient (Wildman–Crippen LogP) is 4.32. The Morgan fingerprint density at radius 3 is 2.37 bits per heavy atom. The van der Waals surface area contributed by atoms with Crippen molar-refractivity contribution < 1.29 is 9.50 Å². The number of hydrogen-bond donors (Lipinski definition) is 1. The van der Waals surface area contributed by atoms with Gasteiger partial charge in [-0.15, -0.1) is 0 Å². The zero-order valence-corrected chi connectivity index (χ0v) is 11.5. The lowest BCUT2D eigenvalue weighted by atomic mass is 9.85. The first-order valence-electron chi connectivity index (χ1n) is 6.27. The van der Waals surface area contributed by atoms with E-state index in [0.29, 0.717) is 23.4 Å². The van der Waals surface area contributed by atoms with E-state index >= 15 is 0 Å². The highest BCUT2D eigenvalue weighted by Gasteiger charge is 2.30. The van der Waals surface area contributed by atoms with Crippen LogP contribution in [0.5, 0.6) is 0 Å². The normalized spacial score (nSPS) is 14.1. The van der Waals surface area contributed by atoms with Gasteiger partial charge in [0, 0.05) is 17.0 Å². The minimum absolute atomic E-state index is 0.296. The van der Waals surface area contributed by atoms with Crippen LogP contribution in [0.15, 0.2) is 48.5 Å². The summed E-state index contributed by atoms with van der Waals surface area (Å²) in [5, 5.41) is 11.3. The fraction of sp³-hybridized carbons (Fsp3) is 0.250. The van der Waals surface area contributed by atoms with E-state index in [1.54, 1.807) is 24.3 Å². The number of aliphatic hydroxyl groups is 1. The first kappa shape index (κ1) is 14.0. The highest BCUT2D eigenvalue weighted by Crippen LogP contribution is 2.32. The van der Waals surface area contributed by atoms with Gasteiger partial charge in [-0.05, 0) is 24.1 Å². The highest BCUT2D eigenvalue weighted by molar-refractivity contribution is 6.31. The number of rotatable bonds is 4. The van der Waals surface area contributed by atoms with Crippen LogP contribution in [0.2, 0.25) is 5.02 Å². The Balaban J connectivity index is 2.39. The quantitative estimate of drug-likeness (QED) is 0.883. The van der Waals surface area contributed by atoms with E-state index in [-0.39, 0.29) is 5.82 Å². The third kappa shape index (κ3) is 2.96. The lowest BCUT2D eigenvalue weighted by molar-refractivity contribution is 0.0292. The minimum atomic E-state index is -1.24. The molecule has 0 heterocycles. The van der Waals surface area contributed by atoms with Gasteiger partial charge in [0.2, 0.25) is 0 Å². The maximum atomic E-state index is 13.9. The average molecular weight is 279 g/mol. The van der Waals surface area contributed by atoms with E-state index < -0.39 is 5.60 Å². The smallest absolute Gasteiger partial charge is 0.129 e. The Labute approximate surface area is 117 Å². The molecular weight excluding hydrogens is 263 g/mol. The zero-order chi connectivity index (χ0) is 13.9. The molecule has 1 N–H and O–H groups in total. The SMILES string of the molecule is CCC(O)(Cc1ccccc1Cl)c1ccccc1F. The van der Waals surface area contributed by atoms with Crippen molar-refractivity contribution in [2.24, 2.45) is 0 Å². The monoisotopic (exact) mass is 278 g/mol. The Bertz CT molecular complexity index is 570. The van der Waals surface area contributed by atoms with Crippen LogP contribution in [0, 0.1) is 5.82 Å². The topological polar surface area (TPSA) is 20.2 Å². The van der Waals surface area contributed by atoms with E-state index in [1.807, 2.05) is 25.1 Å². The molecule has 0 spiro atoms. The number of benzene rings is 2. The second-order valence-electron chi connectivity index (χ2n) is 4.63. The van der Waals surface area contributed by atoms with Gasteiger partial charge in [0.25, 0.3) is 0 Å². The Kier molecular flexibility index (Phi) is 4.23. The minimum Gasteiger partial charge on any atom is -0.385 e. The van der Waals surface area contributed by atoms with Gasteiger partial charge >= 0.3 is 0 Å². The average Bonchev–Trinajstić information content (AvgIpc) is 2.42. The maximum absolute atomic E-state index is 13.9. The lowest BCUT2D eigenvalue weighted by Gasteiger charge is -2.28. The molecule has 1 nitrogen and oxygen atoms in total. The predicted molar refractivity (Wildman–Crippen MR) is 75.7 cm³/mol. The molecule has 0 radical (unpaired) electrons. The van der Waals surface area contributed by atoms with Crippen molar-refractivity contribution in [1.29, 1.82) is 0 Å². The van der Waals surface area contributed by atoms with E-state index in [4.69, 9.17) is 11.6 Å². The second kappa shape index (κ2) is 5.72. The first-order valence-corrected chi connectivity index (χ1v) is 6.65. The van der Waals surface area contributed by atoms with Crippen molar-refractivity contribution in [2.45, 2.75) is 25.4 Å². The largest absolute Gasteiger partial charge is 0.385 e. The molecule has 0 amide bonds. The van der Waals surface area contributed by atoms with Crippen LogP contribution in [-0.2, 0) is 12.0 Å². The summed E-state index contributed by atoms with van der Waals surface area (Å²) in [5.41, 5.74) is -0.106. The molecule has 0 saturated carbocycles. The van der Waals surface area contributed by atoms with Crippen LogP contribution in [0.25, 0.3) is 0 Å². The molecule has 0 aliphatic heterocycles. The van der Waals surface area contributed by atoms with Crippen molar-refractivity contribution in [2.75, 3.05) is 0 Å². The van der Waals surface area contributed by atoms with Crippen LogP contribution in [0.4, 0.5) is 4.39 Å². The Morgan fingerprint density at radius 2 is 1.74 bits per heavy atom. The van der Waals surface area contributed by atoms with Crippen molar-refractivity contribution in [1.82, 2.24) is 0 Å². The maximum Gasteiger partial charge on any atom is 0.129 e. The number of halogens is 2. The zero-order valence-electron chi connectivity index (χ0n) is 10.7. The van der Waals surface area contributed by atoms with Gasteiger partial charge in [-0.25, -0.2) is 4.39 Å². The fourth-order valence-electron chi connectivity index (χ4n) is 2.21. The molecule has 1 atom stereocenters. The highest BCUT2D eigenvalue weighted by atomic mass is 35.5. The summed E-state index contributed by atoms with van der Waals surface area (Å²) in [4.78, 5) is 0. The van der Waals surface area contributed by atoms with E-state index in [1.165, 1.54) is 6.07 Å². The standard InChI is InChI=1S/C16H16ClFO/c1-2-16(19,13-8-4-6-10-15(13)18)11-12-7-3-5-9-14(12)17/h3-10,19H,2,11H2,1H3. The first-order chi connectivity index (χ1) is 9.07. The molecular formula is C16H16ClFO. The Hall–Kier alpha value is -1.38. The molecule has 2 aromatic rings. The molecule has 0 aliphatic rings. The molecule has 3 heteroatoms. The summed E-state index contributed by atoms with van der Waals surface area (Å²) < 4.78 is 13.9. The van der Waals surface area contributed by atoms with Gasteiger partial charge in [0.15, 0.2) is 0 Å². The van der Waals surface area contributed by atoms with Crippen molar-refractivity contribution in [3.8, 4) is 0 Å². The molecule has 19 heavy (non-hydrogen) atoms. The van der Waals surface area contributed by atoms with Crippen LogP contribution >= 0.6 is 11.6 Å². The third-order valence-corrected chi connectivity index (χ3v) is 3.77.